The fourth-order valence-electron chi connectivity index (χ4n) is 1.95. The molecule has 1 saturated carbocycles. The van der Waals surface area contributed by atoms with Crippen LogP contribution in [-0.4, -0.2) is 22.7 Å². The van der Waals surface area contributed by atoms with Crippen LogP contribution in [0.4, 0.5) is 5.69 Å². The lowest BCUT2D eigenvalue weighted by molar-refractivity contribution is 0.281. The summed E-state index contributed by atoms with van der Waals surface area (Å²) >= 11 is 0. The second kappa shape index (κ2) is 4.62. The SMILES string of the molecule is CCCN(c1ccncc1CO)C1CC1. The van der Waals surface area contributed by atoms with Crippen LogP contribution in [0.3, 0.4) is 0 Å². The Balaban J connectivity index is 2.23. The van der Waals surface area contributed by atoms with Crippen molar-refractivity contribution in [3.8, 4) is 0 Å². The Hall–Kier alpha value is -1.09. The van der Waals surface area contributed by atoms with Gasteiger partial charge in [0.25, 0.3) is 0 Å². The van der Waals surface area contributed by atoms with Gasteiger partial charge in [-0.05, 0) is 25.3 Å². The minimum atomic E-state index is 0.0795. The molecule has 0 radical (unpaired) electrons. The standard InChI is InChI=1S/C12H18N2O/c1-2-7-14(11-3-4-11)12-5-6-13-8-10(12)9-15/h5-6,8,11,15H,2-4,7,9H2,1H3. The maximum absolute atomic E-state index is 9.27. The highest BCUT2D eigenvalue weighted by molar-refractivity contribution is 5.53. The summed E-state index contributed by atoms with van der Waals surface area (Å²) in [7, 11) is 0. The predicted molar refractivity (Wildman–Crippen MR) is 60.8 cm³/mol. The molecule has 0 aromatic carbocycles. The molecule has 1 aromatic rings. The lowest BCUT2D eigenvalue weighted by Gasteiger charge is -2.25. The number of nitrogens with zero attached hydrogens (tertiary/aromatic N) is 2. The minimum Gasteiger partial charge on any atom is -0.392 e. The van der Waals surface area contributed by atoms with E-state index in [0.717, 1.165) is 24.2 Å². The van der Waals surface area contributed by atoms with E-state index >= 15 is 0 Å². The molecule has 0 aliphatic heterocycles. The fourth-order valence-corrected chi connectivity index (χ4v) is 1.95. The van der Waals surface area contributed by atoms with Crippen LogP contribution in [0.5, 0.6) is 0 Å². The molecule has 0 unspecified atom stereocenters. The summed E-state index contributed by atoms with van der Waals surface area (Å²) < 4.78 is 0. The van der Waals surface area contributed by atoms with Gasteiger partial charge in [0, 0.05) is 36.2 Å². The summed E-state index contributed by atoms with van der Waals surface area (Å²) in [6, 6.07) is 2.71. The average Bonchev–Trinajstić information content (AvgIpc) is 3.10. The lowest BCUT2D eigenvalue weighted by atomic mass is 10.2. The summed E-state index contributed by atoms with van der Waals surface area (Å²) in [5.41, 5.74) is 2.11. The molecule has 1 aliphatic rings. The van der Waals surface area contributed by atoms with Gasteiger partial charge >= 0.3 is 0 Å². The molecule has 0 spiro atoms. The van der Waals surface area contributed by atoms with E-state index in [0.29, 0.717) is 6.04 Å². The molecule has 1 aromatic heterocycles. The molecule has 0 bridgehead atoms. The van der Waals surface area contributed by atoms with Crippen molar-refractivity contribution in [3.05, 3.63) is 24.0 Å². The molecule has 1 N–H and O–H groups in total. The van der Waals surface area contributed by atoms with Crippen LogP contribution < -0.4 is 4.90 Å². The van der Waals surface area contributed by atoms with Crippen molar-refractivity contribution < 1.29 is 5.11 Å². The van der Waals surface area contributed by atoms with E-state index in [4.69, 9.17) is 0 Å². The minimum absolute atomic E-state index is 0.0795. The summed E-state index contributed by atoms with van der Waals surface area (Å²) in [5, 5.41) is 9.27. The molecule has 1 heterocycles. The Morgan fingerprint density at radius 2 is 2.33 bits per heavy atom. The number of hydrogen-bond donors (Lipinski definition) is 1. The van der Waals surface area contributed by atoms with Crippen molar-refractivity contribution in [2.75, 3.05) is 11.4 Å². The zero-order valence-corrected chi connectivity index (χ0v) is 9.19. The van der Waals surface area contributed by atoms with Gasteiger partial charge in [-0.2, -0.15) is 0 Å². The van der Waals surface area contributed by atoms with Crippen molar-refractivity contribution in [1.29, 1.82) is 0 Å². The Morgan fingerprint density at radius 3 is 2.93 bits per heavy atom. The number of anilines is 1. The monoisotopic (exact) mass is 206 g/mol. The maximum atomic E-state index is 9.27. The average molecular weight is 206 g/mol. The highest BCUT2D eigenvalue weighted by Crippen LogP contribution is 2.33. The number of hydrogen-bond acceptors (Lipinski definition) is 3. The van der Waals surface area contributed by atoms with Crippen molar-refractivity contribution >= 4 is 5.69 Å². The third-order valence-corrected chi connectivity index (χ3v) is 2.81. The Bertz CT molecular complexity index is 323. The smallest absolute Gasteiger partial charge is 0.0717 e. The number of aliphatic hydroxyl groups is 1. The van der Waals surface area contributed by atoms with E-state index in [1.54, 1.807) is 12.4 Å². The largest absolute Gasteiger partial charge is 0.392 e. The van der Waals surface area contributed by atoms with Gasteiger partial charge in [-0.15, -0.1) is 0 Å². The Kier molecular flexibility index (Phi) is 3.21. The molecule has 0 amide bonds. The number of aromatic nitrogens is 1. The van der Waals surface area contributed by atoms with E-state index in [9.17, 15) is 5.11 Å². The van der Waals surface area contributed by atoms with Gasteiger partial charge in [-0.1, -0.05) is 6.92 Å². The molecule has 3 nitrogen and oxygen atoms in total. The molecule has 82 valence electrons. The molecule has 1 fully saturated rings. The first-order valence-electron chi connectivity index (χ1n) is 5.67. The molecule has 0 atom stereocenters. The van der Waals surface area contributed by atoms with Crippen molar-refractivity contribution in [2.45, 2.75) is 38.8 Å². The molecule has 1 aliphatic carbocycles. The quantitative estimate of drug-likeness (QED) is 0.800. The number of pyridine rings is 1. The molecule has 15 heavy (non-hydrogen) atoms. The first kappa shape index (κ1) is 10.4. The highest BCUT2D eigenvalue weighted by atomic mass is 16.3. The molecule has 3 heteroatoms. The summed E-state index contributed by atoms with van der Waals surface area (Å²) in [5.74, 6) is 0. The second-order valence-corrected chi connectivity index (χ2v) is 4.09. The Labute approximate surface area is 90.8 Å². The zero-order valence-electron chi connectivity index (χ0n) is 9.19. The molecule has 0 saturated heterocycles. The van der Waals surface area contributed by atoms with Crippen LogP contribution in [0.2, 0.25) is 0 Å². The number of aliphatic hydroxyl groups excluding tert-OH is 1. The third kappa shape index (κ3) is 2.29. The Morgan fingerprint density at radius 1 is 1.53 bits per heavy atom. The van der Waals surface area contributed by atoms with Gasteiger partial charge in [-0.25, -0.2) is 0 Å². The van der Waals surface area contributed by atoms with Gasteiger partial charge < -0.3 is 10.0 Å². The fraction of sp³-hybridized carbons (Fsp3) is 0.583. The van der Waals surface area contributed by atoms with E-state index in [2.05, 4.69) is 16.8 Å². The van der Waals surface area contributed by atoms with Gasteiger partial charge in [0.2, 0.25) is 0 Å². The van der Waals surface area contributed by atoms with Crippen LogP contribution >= 0.6 is 0 Å². The van der Waals surface area contributed by atoms with Crippen molar-refractivity contribution in [2.24, 2.45) is 0 Å². The predicted octanol–water partition coefficient (Wildman–Crippen LogP) is 1.95. The van der Waals surface area contributed by atoms with Crippen LogP contribution in [0, 0.1) is 0 Å². The van der Waals surface area contributed by atoms with Crippen LogP contribution in [-0.2, 0) is 6.61 Å². The van der Waals surface area contributed by atoms with E-state index in [1.165, 1.54) is 12.8 Å². The van der Waals surface area contributed by atoms with E-state index in [1.807, 2.05) is 6.07 Å². The second-order valence-electron chi connectivity index (χ2n) is 4.09. The van der Waals surface area contributed by atoms with Gasteiger partial charge in [0.1, 0.15) is 0 Å². The summed E-state index contributed by atoms with van der Waals surface area (Å²) in [6.07, 6.45) is 7.28. The maximum Gasteiger partial charge on any atom is 0.0717 e. The third-order valence-electron chi connectivity index (χ3n) is 2.81. The van der Waals surface area contributed by atoms with E-state index < -0.39 is 0 Å². The van der Waals surface area contributed by atoms with Crippen molar-refractivity contribution in [3.63, 3.8) is 0 Å². The zero-order chi connectivity index (χ0) is 10.7. The normalized spacial score (nSPS) is 15.3. The highest BCUT2D eigenvalue weighted by Gasteiger charge is 2.29. The molecule has 2 rings (SSSR count). The number of rotatable bonds is 5. The van der Waals surface area contributed by atoms with Gasteiger partial charge in [0.15, 0.2) is 0 Å². The van der Waals surface area contributed by atoms with Gasteiger partial charge in [-0.3, -0.25) is 4.98 Å². The first-order valence-corrected chi connectivity index (χ1v) is 5.67. The molecular weight excluding hydrogens is 188 g/mol. The van der Waals surface area contributed by atoms with Gasteiger partial charge in [0.05, 0.1) is 6.61 Å². The van der Waals surface area contributed by atoms with Crippen LogP contribution in [0.25, 0.3) is 0 Å². The topological polar surface area (TPSA) is 36.4 Å². The van der Waals surface area contributed by atoms with Crippen LogP contribution in [0.1, 0.15) is 31.7 Å². The van der Waals surface area contributed by atoms with Crippen molar-refractivity contribution in [1.82, 2.24) is 4.98 Å². The van der Waals surface area contributed by atoms with E-state index in [-0.39, 0.29) is 6.61 Å². The lowest BCUT2D eigenvalue weighted by Crippen LogP contribution is -2.27. The first-order chi connectivity index (χ1) is 7.36. The molecular formula is C12H18N2O. The summed E-state index contributed by atoms with van der Waals surface area (Å²) in [4.78, 5) is 6.46. The summed E-state index contributed by atoms with van der Waals surface area (Å²) in [6.45, 7) is 3.34. The van der Waals surface area contributed by atoms with Crippen LogP contribution in [0.15, 0.2) is 18.5 Å².